The van der Waals surface area contributed by atoms with Gasteiger partial charge in [0.05, 0.1) is 6.04 Å². The van der Waals surface area contributed by atoms with E-state index in [0.29, 0.717) is 19.4 Å². The third-order valence-corrected chi connectivity index (χ3v) is 5.39. The number of likely N-dealkylation sites (tertiary alicyclic amines) is 1. The smallest absolute Gasteiger partial charge is 0.404 e. The summed E-state index contributed by atoms with van der Waals surface area (Å²) in [6.07, 6.45) is 1.82. The third-order valence-electron chi connectivity index (χ3n) is 5.39. The molecule has 0 bridgehead atoms. The van der Waals surface area contributed by atoms with Gasteiger partial charge in [-0.2, -0.15) is 0 Å². The molecule has 0 aromatic carbocycles. The topological polar surface area (TPSA) is 97.9 Å². The number of amides is 2. The van der Waals surface area contributed by atoms with E-state index in [-0.39, 0.29) is 23.6 Å². The molecule has 1 saturated heterocycles. The summed E-state index contributed by atoms with van der Waals surface area (Å²) in [5.74, 6) is 0.891. The van der Waals surface area contributed by atoms with Crippen LogP contribution in [0.25, 0.3) is 0 Å². The minimum atomic E-state index is -0.726. The van der Waals surface area contributed by atoms with E-state index in [0.717, 1.165) is 43.9 Å². The van der Waals surface area contributed by atoms with E-state index in [1.807, 2.05) is 11.0 Å². The molecular formula is C17H22N4O4. The molecule has 134 valence electrons. The van der Waals surface area contributed by atoms with E-state index in [1.54, 1.807) is 10.6 Å². The van der Waals surface area contributed by atoms with Crippen molar-refractivity contribution in [3.8, 4) is 0 Å². The van der Waals surface area contributed by atoms with Gasteiger partial charge in [-0.25, -0.2) is 4.79 Å². The fourth-order valence-corrected chi connectivity index (χ4v) is 4.23. The normalized spacial score (nSPS) is 23.6. The number of nitrogens with two attached hydrogens (primary N) is 1. The highest BCUT2D eigenvalue weighted by Gasteiger charge is 2.39. The largest absolute Gasteiger partial charge is 0.446 e. The Morgan fingerprint density at radius 3 is 2.68 bits per heavy atom. The number of pyridine rings is 1. The molecular weight excluding hydrogens is 324 g/mol. The van der Waals surface area contributed by atoms with Crippen molar-refractivity contribution >= 4 is 17.8 Å². The molecule has 8 heteroatoms. The second kappa shape index (κ2) is 6.18. The Balaban J connectivity index is 1.47. The van der Waals surface area contributed by atoms with Crippen molar-refractivity contribution in [1.29, 1.82) is 0 Å². The summed E-state index contributed by atoms with van der Waals surface area (Å²) >= 11 is 0. The lowest BCUT2D eigenvalue weighted by Crippen LogP contribution is -2.49. The molecule has 1 aromatic rings. The Labute approximate surface area is 145 Å². The van der Waals surface area contributed by atoms with Crippen LogP contribution < -0.4 is 16.2 Å². The van der Waals surface area contributed by atoms with Crippen molar-refractivity contribution in [2.45, 2.75) is 44.4 Å². The van der Waals surface area contributed by atoms with Crippen LogP contribution in [0.15, 0.2) is 16.9 Å². The van der Waals surface area contributed by atoms with Crippen LogP contribution >= 0.6 is 0 Å². The van der Waals surface area contributed by atoms with Crippen LogP contribution in [0, 0.1) is 0 Å². The Morgan fingerprint density at radius 2 is 1.96 bits per heavy atom. The van der Waals surface area contributed by atoms with Crippen LogP contribution in [-0.4, -0.2) is 53.2 Å². The van der Waals surface area contributed by atoms with Crippen LogP contribution in [0.5, 0.6) is 0 Å². The van der Waals surface area contributed by atoms with Crippen molar-refractivity contribution in [3.05, 3.63) is 28.0 Å². The highest BCUT2D eigenvalue weighted by Crippen LogP contribution is 2.34. The predicted molar refractivity (Wildman–Crippen MR) is 90.4 cm³/mol. The van der Waals surface area contributed by atoms with Crippen LogP contribution in [0.4, 0.5) is 10.6 Å². The fraction of sp³-hybridized carbons (Fsp3) is 0.588. The first-order valence-corrected chi connectivity index (χ1v) is 8.76. The number of hydrogen-bond donors (Lipinski definition) is 1. The van der Waals surface area contributed by atoms with E-state index in [1.165, 1.54) is 0 Å². The summed E-state index contributed by atoms with van der Waals surface area (Å²) in [5.41, 5.74) is 6.11. The maximum Gasteiger partial charge on any atom is 0.404 e. The van der Waals surface area contributed by atoms with Gasteiger partial charge in [0.2, 0.25) is 5.91 Å². The van der Waals surface area contributed by atoms with Gasteiger partial charge in [-0.15, -0.1) is 0 Å². The molecule has 1 fully saturated rings. The molecule has 2 amide bonds. The number of anilines is 1. The zero-order valence-corrected chi connectivity index (χ0v) is 14.0. The Bertz CT molecular complexity index is 766. The summed E-state index contributed by atoms with van der Waals surface area (Å²) in [6.45, 7) is 2.84. The monoisotopic (exact) mass is 346 g/mol. The Morgan fingerprint density at radius 1 is 1.20 bits per heavy atom. The quantitative estimate of drug-likeness (QED) is 0.835. The van der Waals surface area contributed by atoms with Gasteiger partial charge in [-0.05, 0) is 30.9 Å². The lowest BCUT2D eigenvalue weighted by Gasteiger charge is -2.36. The fourth-order valence-electron chi connectivity index (χ4n) is 4.23. The lowest BCUT2D eigenvalue weighted by molar-refractivity contribution is -0.119. The summed E-state index contributed by atoms with van der Waals surface area (Å²) in [7, 11) is 0. The number of piperidine rings is 1. The zero-order chi connectivity index (χ0) is 17.6. The summed E-state index contributed by atoms with van der Waals surface area (Å²) < 4.78 is 6.80. The molecule has 0 radical (unpaired) electrons. The molecule has 8 nitrogen and oxygen atoms in total. The molecule has 1 unspecified atom stereocenters. The third kappa shape index (κ3) is 2.90. The average Bonchev–Trinajstić information content (AvgIpc) is 2.96. The van der Waals surface area contributed by atoms with Gasteiger partial charge in [0, 0.05) is 38.7 Å². The number of hydrogen-bond acceptors (Lipinski definition) is 5. The zero-order valence-electron chi connectivity index (χ0n) is 14.0. The highest BCUT2D eigenvalue weighted by molar-refractivity contribution is 5.96. The van der Waals surface area contributed by atoms with E-state index in [2.05, 4.69) is 4.90 Å². The first-order chi connectivity index (χ1) is 12.0. The van der Waals surface area contributed by atoms with Crippen LogP contribution in [0.2, 0.25) is 0 Å². The number of primary amides is 1. The SMILES string of the molecule is NC(=O)OC1CCN(CC2Cn3c4c(ccc3=O)CCC(=O)N42)CC1. The number of aromatic nitrogens is 1. The standard InChI is InChI=1S/C17H22N4O4/c18-17(24)25-13-5-7-19(8-6-13)9-12-10-20-14(22)3-1-11-2-4-15(23)21(12)16(11)20/h1,3,12-13H,2,4-10H2,(H2,18,24). The summed E-state index contributed by atoms with van der Waals surface area (Å²) in [4.78, 5) is 39.6. The number of aryl methyl sites for hydroxylation is 1. The van der Waals surface area contributed by atoms with Gasteiger partial charge in [0.1, 0.15) is 11.9 Å². The summed E-state index contributed by atoms with van der Waals surface area (Å²) in [5, 5.41) is 0. The van der Waals surface area contributed by atoms with Gasteiger partial charge in [0.15, 0.2) is 0 Å². The maximum absolute atomic E-state index is 12.5. The Hall–Kier alpha value is -2.35. The molecule has 0 aliphatic carbocycles. The van der Waals surface area contributed by atoms with E-state index in [9.17, 15) is 14.4 Å². The number of carbonyl (C=O) groups excluding carboxylic acids is 2. The van der Waals surface area contributed by atoms with Gasteiger partial charge in [-0.1, -0.05) is 0 Å². The van der Waals surface area contributed by atoms with Crippen molar-refractivity contribution in [1.82, 2.24) is 9.47 Å². The van der Waals surface area contributed by atoms with Crippen LogP contribution in [0.1, 0.15) is 24.8 Å². The average molecular weight is 346 g/mol. The van der Waals surface area contributed by atoms with Crippen LogP contribution in [0.3, 0.4) is 0 Å². The molecule has 3 aliphatic heterocycles. The Kier molecular flexibility index (Phi) is 3.99. The van der Waals surface area contributed by atoms with Crippen molar-refractivity contribution in [2.75, 3.05) is 24.5 Å². The molecule has 1 aromatic heterocycles. The number of nitrogens with zero attached hydrogens (tertiary/aromatic N) is 3. The van der Waals surface area contributed by atoms with Crippen molar-refractivity contribution < 1.29 is 14.3 Å². The molecule has 0 saturated carbocycles. The minimum Gasteiger partial charge on any atom is -0.446 e. The molecule has 25 heavy (non-hydrogen) atoms. The van der Waals surface area contributed by atoms with Gasteiger partial charge < -0.3 is 15.4 Å². The number of carbonyl (C=O) groups is 2. The van der Waals surface area contributed by atoms with Crippen molar-refractivity contribution in [3.63, 3.8) is 0 Å². The highest BCUT2D eigenvalue weighted by atomic mass is 16.6. The summed E-state index contributed by atoms with van der Waals surface area (Å²) in [6, 6.07) is 3.43. The molecule has 4 heterocycles. The first kappa shape index (κ1) is 16.1. The maximum atomic E-state index is 12.5. The minimum absolute atomic E-state index is 0.0183. The van der Waals surface area contributed by atoms with E-state index < -0.39 is 6.09 Å². The number of rotatable bonds is 3. The van der Waals surface area contributed by atoms with Crippen LogP contribution in [-0.2, 0) is 22.5 Å². The second-order valence-corrected chi connectivity index (χ2v) is 6.99. The molecule has 3 aliphatic rings. The predicted octanol–water partition coefficient (Wildman–Crippen LogP) is 0.0694. The lowest BCUT2D eigenvalue weighted by atomic mass is 10.0. The second-order valence-electron chi connectivity index (χ2n) is 6.99. The first-order valence-electron chi connectivity index (χ1n) is 8.76. The van der Waals surface area contributed by atoms with E-state index in [4.69, 9.17) is 10.5 Å². The van der Waals surface area contributed by atoms with Gasteiger partial charge in [0.25, 0.3) is 5.56 Å². The number of ether oxygens (including phenoxy) is 1. The van der Waals surface area contributed by atoms with Gasteiger partial charge in [-0.3, -0.25) is 19.1 Å². The van der Waals surface area contributed by atoms with Crippen molar-refractivity contribution in [2.24, 2.45) is 5.73 Å². The molecule has 2 N–H and O–H groups in total. The van der Waals surface area contributed by atoms with Gasteiger partial charge >= 0.3 is 6.09 Å². The van der Waals surface area contributed by atoms with E-state index >= 15 is 0 Å². The molecule has 0 spiro atoms. The molecule has 4 rings (SSSR count). The molecule has 1 atom stereocenters.